The minimum atomic E-state index is -0.680. The Kier molecular flexibility index (Phi) is 8.38. The molecule has 0 bridgehead atoms. The lowest BCUT2D eigenvalue weighted by molar-refractivity contribution is -0.384. The second-order valence-corrected chi connectivity index (χ2v) is 9.28. The summed E-state index contributed by atoms with van der Waals surface area (Å²) in [5.41, 5.74) is 1.46. The smallest absolute Gasteiger partial charge is 0.271 e. The van der Waals surface area contributed by atoms with Gasteiger partial charge in [-0.3, -0.25) is 14.9 Å². The third kappa shape index (κ3) is 6.74. The predicted octanol–water partition coefficient (Wildman–Crippen LogP) is 7.01. The summed E-state index contributed by atoms with van der Waals surface area (Å²) in [5, 5.41) is 22.9. The summed E-state index contributed by atoms with van der Waals surface area (Å²) in [6.45, 7) is 0.356. The van der Waals surface area contributed by atoms with Crippen LogP contribution in [0, 0.1) is 21.4 Å². The molecule has 10 heteroatoms. The van der Waals surface area contributed by atoms with E-state index in [-0.39, 0.29) is 16.9 Å². The number of nitriles is 1. The number of nitrogens with one attached hydrogen (secondary N) is 1. The average molecular weight is 636 g/mol. The normalized spacial score (nSPS) is 10.9. The number of anilines is 1. The van der Waals surface area contributed by atoms with Gasteiger partial charge in [0.25, 0.3) is 11.6 Å². The van der Waals surface area contributed by atoms with E-state index in [2.05, 4.69) is 53.1 Å². The number of hydrogen-bond donors (Lipinski definition) is 1. The lowest BCUT2D eigenvalue weighted by atomic mass is 10.1. The Hall–Kier alpha value is -3.00. The van der Waals surface area contributed by atoms with E-state index in [0.29, 0.717) is 26.9 Å². The van der Waals surface area contributed by atoms with Crippen molar-refractivity contribution in [2.75, 3.05) is 5.32 Å². The number of nitro groups is 1. The first-order valence-electron chi connectivity index (χ1n) is 9.30. The maximum absolute atomic E-state index is 12.5. The summed E-state index contributed by atoms with van der Waals surface area (Å²) < 4.78 is 8.16. The van der Waals surface area contributed by atoms with Crippen molar-refractivity contribution in [3.8, 4) is 11.8 Å². The Balaban J connectivity index is 1.77. The van der Waals surface area contributed by atoms with E-state index in [1.54, 1.807) is 12.1 Å². The maximum atomic E-state index is 12.5. The molecule has 1 amide bonds. The monoisotopic (exact) mass is 633 g/mol. The fraction of sp³-hybridized carbons (Fsp3) is 0.0435. The van der Waals surface area contributed by atoms with Crippen LogP contribution in [0.25, 0.3) is 6.08 Å². The summed E-state index contributed by atoms with van der Waals surface area (Å²) >= 11 is 10.3. The molecule has 0 fully saturated rings. The zero-order valence-corrected chi connectivity index (χ0v) is 21.5. The van der Waals surface area contributed by atoms with Gasteiger partial charge < -0.3 is 10.1 Å². The molecule has 1 N–H and O–H groups in total. The van der Waals surface area contributed by atoms with Crippen molar-refractivity contribution in [1.82, 2.24) is 0 Å². The van der Waals surface area contributed by atoms with Crippen LogP contribution in [-0.4, -0.2) is 10.8 Å². The molecule has 0 aromatic heterocycles. The molecule has 0 saturated heterocycles. The number of hydrogen-bond acceptors (Lipinski definition) is 5. The zero-order chi connectivity index (χ0) is 24.0. The average Bonchev–Trinajstić information content (AvgIpc) is 2.78. The Morgan fingerprint density at radius 1 is 1.09 bits per heavy atom. The molecule has 7 nitrogen and oxygen atoms in total. The largest absolute Gasteiger partial charge is 0.487 e. The van der Waals surface area contributed by atoms with E-state index in [1.807, 2.05) is 30.3 Å². The first-order valence-corrected chi connectivity index (χ1v) is 11.7. The van der Waals surface area contributed by atoms with Gasteiger partial charge in [0.15, 0.2) is 0 Å². The highest BCUT2D eigenvalue weighted by Gasteiger charge is 2.14. The first kappa shape index (κ1) is 24.6. The third-order valence-electron chi connectivity index (χ3n) is 4.31. The fourth-order valence-electron chi connectivity index (χ4n) is 2.75. The highest BCUT2D eigenvalue weighted by molar-refractivity contribution is 9.11. The number of amides is 1. The fourth-order valence-corrected chi connectivity index (χ4v) is 4.46. The number of nitrogens with zero attached hydrogens (tertiary/aromatic N) is 2. The van der Waals surface area contributed by atoms with Crippen molar-refractivity contribution in [3.05, 3.63) is 101 Å². The Bertz CT molecular complexity index is 1260. The van der Waals surface area contributed by atoms with Crippen LogP contribution in [-0.2, 0) is 11.4 Å². The van der Waals surface area contributed by atoms with E-state index in [9.17, 15) is 20.2 Å². The number of halogens is 3. The molecule has 0 unspecified atom stereocenters. The van der Waals surface area contributed by atoms with Gasteiger partial charge in [-0.25, -0.2) is 0 Å². The van der Waals surface area contributed by atoms with Crippen LogP contribution < -0.4 is 10.1 Å². The number of carbonyl (C=O) groups is 1. The SMILES string of the molecule is N#C/C(=C\c1cc(Br)c(OCc2ccc(Br)cc2)c(Br)c1)C(=O)Nc1cccc([N+](=O)[O-])c1. The van der Waals surface area contributed by atoms with Crippen molar-refractivity contribution < 1.29 is 14.5 Å². The highest BCUT2D eigenvalue weighted by Crippen LogP contribution is 2.36. The molecule has 166 valence electrons. The van der Waals surface area contributed by atoms with E-state index >= 15 is 0 Å². The number of carbonyl (C=O) groups excluding carboxylic acids is 1. The Morgan fingerprint density at radius 2 is 1.76 bits per heavy atom. The molecule has 0 aliphatic carbocycles. The van der Waals surface area contributed by atoms with Gasteiger partial charge in [0, 0.05) is 22.3 Å². The predicted molar refractivity (Wildman–Crippen MR) is 136 cm³/mol. The van der Waals surface area contributed by atoms with Crippen LogP contribution in [0.3, 0.4) is 0 Å². The maximum Gasteiger partial charge on any atom is 0.271 e. The van der Waals surface area contributed by atoms with Gasteiger partial charge in [-0.1, -0.05) is 34.1 Å². The molecule has 0 radical (unpaired) electrons. The van der Waals surface area contributed by atoms with E-state index in [1.165, 1.54) is 30.3 Å². The van der Waals surface area contributed by atoms with Gasteiger partial charge in [-0.05, 0) is 79.4 Å². The summed E-state index contributed by atoms with van der Waals surface area (Å²) in [6.07, 6.45) is 1.42. The molecule has 3 aromatic rings. The van der Waals surface area contributed by atoms with E-state index in [4.69, 9.17) is 4.74 Å². The summed E-state index contributed by atoms with van der Waals surface area (Å²) in [4.78, 5) is 22.9. The van der Waals surface area contributed by atoms with Crippen LogP contribution in [0.15, 0.2) is 79.7 Å². The Morgan fingerprint density at radius 3 is 2.36 bits per heavy atom. The van der Waals surface area contributed by atoms with Crippen LogP contribution >= 0.6 is 47.8 Å². The molecule has 33 heavy (non-hydrogen) atoms. The molecule has 0 heterocycles. The lowest BCUT2D eigenvalue weighted by Crippen LogP contribution is -2.13. The molecular weight excluding hydrogens is 622 g/mol. The lowest BCUT2D eigenvalue weighted by Gasteiger charge is -2.12. The molecular formula is C23H14Br3N3O4. The van der Waals surface area contributed by atoms with Gasteiger partial charge >= 0.3 is 0 Å². The first-order chi connectivity index (χ1) is 15.8. The van der Waals surface area contributed by atoms with E-state index in [0.717, 1.165) is 10.0 Å². The standard InChI is InChI=1S/C23H14Br3N3O4/c24-17-6-4-14(5-7-17)13-33-22-20(25)9-15(10-21(22)26)8-16(12-27)23(30)28-18-2-1-3-19(11-18)29(31)32/h1-11H,13H2,(H,28,30)/b16-8+. The molecule has 0 aliphatic heterocycles. The summed E-state index contributed by atoms with van der Waals surface area (Å²) in [5.74, 6) is -0.101. The molecule has 0 saturated carbocycles. The number of ether oxygens (including phenoxy) is 1. The van der Waals surface area contributed by atoms with Gasteiger partial charge in [0.05, 0.1) is 13.9 Å². The molecule has 0 aliphatic rings. The van der Waals surface area contributed by atoms with Crippen LogP contribution in [0.5, 0.6) is 5.75 Å². The highest BCUT2D eigenvalue weighted by atomic mass is 79.9. The van der Waals surface area contributed by atoms with Crippen molar-refractivity contribution >= 4 is 71.1 Å². The summed E-state index contributed by atoms with van der Waals surface area (Å²) in [7, 11) is 0. The van der Waals surface area contributed by atoms with Crippen molar-refractivity contribution in [2.24, 2.45) is 0 Å². The van der Waals surface area contributed by atoms with Crippen molar-refractivity contribution in [2.45, 2.75) is 6.61 Å². The van der Waals surface area contributed by atoms with Crippen LogP contribution in [0.1, 0.15) is 11.1 Å². The van der Waals surface area contributed by atoms with Crippen LogP contribution in [0.4, 0.5) is 11.4 Å². The number of benzene rings is 3. The number of rotatable bonds is 7. The molecule has 3 aromatic carbocycles. The third-order valence-corrected chi connectivity index (χ3v) is 6.01. The van der Waals surface area contributed by atoms with E-state index < -0.39 is 10.8 Å². The summed E-state index contributed by atoms with van der Waals surface area (Å²) in [6, 6.07) is 18.5. The minimum Gasteiger partial charge on any atom is -0.487 e. The second kappa shape index (κ2) is 11.2. The van der Waals surface area contributed by atoms with Crippen LogP contribution in [0.2, 0.25) is 0 Å². The number of nitro benzene ring substituents is 1. The number of non-ortho nitro benzene ring substituents is 1. The molecule has 3 rings (SSSR count). The van der Waals surface area contributed by atoms with Crippen molar-refractivity contribution in [3.63, 3.8) is 0 Å². The quantitative estimate of drug-likeness (QED) is 0.130. The van der Waals surface area contributed by atoms with Gasteiger partial charge in [-0.2, -0.15) is 5.26 Å². The van der Waals surface area contributed by atoms with Crippen molar-refractivity contribution in [1.29, 1.82) is 5.26 Å². The Labute approximate surface area is 214 Å². The second-order valence-electron chi connectivity index (χ2n) is 6.66. The molecule has 0 atom stereocenters. The minimum absolute atomic E-state index is 0.163. The molecule has 0 spiro atoms. The van der Waals surface area contributed by atoms with Gasteiger partial charge in [0.1, 0.15) is 24.0 Å². The van der Waals surface area contributed by atoms with Gasteiger partial charge in [-0.15, -0.1) is 0 Å². The zero-order valence-electron chi connectivity index (χ0n) is 16.7. The topological polar surface area (TPSA) is 105 Å². The van der Waals surface area contributed by atoms with Gasteiger partial charge in [0.2, 0.25) is 0 Å².